The fourth-order valence-electron chi connectivity index (χ4n) is 2.19. The van der Waals surface area contributed by atoms with Crippen LogP contribution in [0.4, 0.5) is 19.0 Å². The minimum Gasteiger partial charge on any atom is -0.368 e. The molecule has 0 saturated carbocycles. The van der Waals surface area contributed by atoms with Gasteiger partial charge in [-0.15, -0.1) is 35.3 Å². The molecule has 0 fully saturated rings. The quantitative estimate of drug-likeness (QED) is 0.219. The first kappa shape index (κ1) is 24.4. The molecule has 0 bridgehead atoms. The van der Waals surface area contributed by atoms with E-state index in [-0.39, 0.29) is 36.3 Å². The summed E-state index contributed by atoms with van der Waals surface area (Å²) in [6.07, 6.45) is -3.12. The molecule has 0 saturated heterocycles. The van der Waals surface area contributed by atoms with Crippen molar-refractivity contribution >= 4 is 47.1 Å². The molecule has 0 unspecified atom stereocenters. The minimum absolute atomic E-state index is 0. The van der Waals surface area contributed by atoms with Gasteiger partial charge in [0.1, 0.15) is 10.8 Å². The summed E-state index contributed by atoms with van der Waals surface area (Å²) in [7, 11) is 1.63. The number of alkyl halides is 3. The van der Waals surface area contributed by atoms with Gasteiger partial charge in [-0.05, 0) is 18.1 Å². The van der Waals surface area contributed by atoms with E-state index in [4.69, 9.17) is 0 Å². The van der Waals surface area contributed by atoms with Gasteiger partial charge in [0, 0.05) is 31.7 Å². The second-order valence-electron chi connectivity index (χ2n) is 6.00. The predicted octanol–water partition coefficient (Wildman–Crippen LogP) is 4.08. The average Bonchev–Trinajstić information content (AvgIpc) is 3.10. The SMILES string of the molecule is CN=C(NCCNc1ncccc1C(F)(F)F)NCc1nc(C(C)C)cs1.I. The van der Waals surface area contributed by atoms with Gasteiger partial charge in [-0.25, -0.2) is 9.97 Å². The zero-order valence-corrected chi connectivity index (χ0v) is 18.9. The Balaban J connectivity index is 0.00000392. The monoisotopic (exact) mass is 528 g/mol. The number of rotatable bonds is 7. The van der Waals surface area contributed by atoms with E-state index in [0.29, 0.717) is 25.0 Å². The number of anilines is 1. The number of hydrogen-bond acceptors (Lipinski definition) is 5. The molecule has 0 atom stereocenters. The second-order valence-corrected chi connectivity index (χ2v) is 6.94. The van der Waals surface area contributed by atoms with Gasteiger partial charge in [-0.1, -0.05) is 13.8 Å². The highest BCUT2D eigenvalue weighted by atomic mass is 127. The average molecular weight is 528 g/mol. The van der Waals surface area contributed by atoms with E-state index >= 15 is 0 Å². The first-order valence-corrected chi connectivity index (χ1v) is 9.34. The molecular formula is C17H24F3IN6S. The van der Waals surface area contributed by atoms with Crippen LogP contribution in [-0.4, -0.2) is 36.1 Å². The van der Waals surface area contributed by atoms with Crippen LogP contribution in [0.5, 0.6) is 0 Å². The molecule has 0 amide bonds. The van der Waals surface area contributed by atoms with Crippen LogP contribution in [0.1, 0.15) is 36.0 Å². The molecule has 2 aromatic rings. The largest absolute Gasteiger partial charge is 0.419 e. The summed E-state index contributed by atoms with van der Waals surface area (Å²) >= 11 is 1.58. The topological polar surface area (TPSA) is 74.2 Å². The Morgan fingerprint density at radius 2 is 2.00 bits per heavy atom. The zero-order valence-electron chi connectivity index (χ0n) is 15.8. The number of guanidine groups is 1. The van der Waals surface area contributed by atoms with Crippen molar-refractivity contribution in [3.63, 3.8) is 0 Å². The number of thiazole rings is 1. The Bertz CT molecular complexity index is 763. The lowest BCUT2D eigenvalue weighted by Crippen LogP contribution is -2.39. The molecule has 0 aliphatic carbocycles. The van der Waals surface area contributed by atoms with E-state index in [1.165, 1.54) is 12.3 Å². The van der Waals surface area contributed by atoms with Gasteiger partial charge in [0.2, 0.25) is 0 Å². The number of aromatic nitrogens is 2. The third kappa shape index (κ3) is 7.41. The van der Waals surface area contributed by atoms with Crippen LogP contribution in [0.25, 0.3) is 0 Å². The van der Waals surface area contributed by atoms with E-state index < -0.39 is 11.7 Å². The van der Waals surface area contributed by atoms with Gasteiger partial charge in [0.05, 0.1) is 17.8 Å². The number of halogens is 4. The summed E-state index contributed by atoms with van der Waals surface area (Å²) in [4.78, 5) is 12.4. The third-order valence-corrected chi connectivity index (χ3v) is 4.48. The van der Waals surface area contributed by atoms with Crippen LogP contribution >= 0.6 is 35.3 Å². The Kier molecular flexibility index (Phi) is 9.93. The third-order valence-electron chi connectivity index (χ3n) is 3.61. The molecule has 6 nitrogen and oxygen atoms in total. The van der Waals surface area contributed by atoms with Gasteiger partial charge < -0.3 is 16.0 Å². The van der Waals surface area contributed by atoms with Crippen LogP contribution in [0, 0.1) is 0 Å². The Morgan fingerprint density at radius 1 is 1.25 bits per heavy atom. The van der Waals surface area contributed by atoms with Crippen molar-refractivity contribution in [3.05, 3.63) is 40.0 Å². The van der Waals surface area contributed by atoms with E-state index in [1.807, 2.05) is 5.38 Å². The maximum Gasteiger partial charge on any atom is 0.419 e. The fourth-order valence-corrected chi connectivity index (χ4v) is 3.08. The second kappa shape index (κ2) is 11.4. The molecular weight excluding hydrogens is 504 g/mol. The van der Waals surface area contributed by atoms with Crippen molar-refractivity contribution in [2.75, 3.05) is 25.5 Å². The van der Waals surface area contributed by atoms with E-state index in [9.17, 15) is 13.2 Å². The van der Waals surface area contributed by atoms with Gasteiger partial charge >= 0.3 is 6.18 Å². The summed E-state index contributed by atoms with van der Waals surface area (Å²) in [5.41, 5.74) is 0.275. The summed E-state index contributed by atoms with van der Waals surface area (Å²) in [5.74, 6) is 0.751. The van der Waals surface area contributed by atoms with E-state index in [1.54, 1.807) is 18.4 Å². The smallest absolute Gasteiger partial charge is 0.368 e. The first-order chi connectivity index (χ1) is 12.8. The standard InChI is InChI=1S/C17H23F3N6S.HI/c1-11(2)13-10-27-14(26-13)9-25-16(21-3)24-8-7-23-15-12(17(18,19)20)5-4-6-22-15;/h4-6,10-11H,7-9H2,1-3H3,(H,22,23)(H2,21,24,25);1H. The van der Waals surface area contributed by atoms with Gasteiger partial charge in [-0.2, -0.15) is 13.2 Å². The molecule has 2 aromatic heterocycles. The number of aliphatic imine (C=N–C) groups is 1. The Morgan fingerprint density at radius 3 is 2.61 bits per heavy atom. The van der Waals surface area contributed by atoms with Crippen molar-refractivity contribution in [2.24, 2.45) is 4.99 Å². The highest BCUT2D eigenvalue weighted by molar-refractivity contribution is 14.0. The van der Waals surface area contributed by atoms with Crippen LogP contribution in [0.2, 0.25) is 0 Å². The Labute approximate surface area is 183 Å². The molecule has 0 aromatic carbocycles. The highest BCUT2D eigenvalue weighted by Gasteiger charge is 2.33. The van der Waals surface area contributed by atoms with Crippen molar-refractivity contribution in [1.29, 1.82) is 0 Å². The maximum absolute atomic E-state index is 12.9. The van der Waals surface area contributed by atoms with E-state index in [2.05, 4.69) is 44.8 Å². The minimum atomic E-state index is -4.44. The first-order valence-electron chi connectivity index (χ1n) is 8.46. The maximum atomic E-state index is 12.9. The summed E-state index contributed by atoms with van der Waals surface area (Å²) in [6.45, 7) is 5.35. The molecule has 0 aliphatic heterocycles. The molecule has 0 aliphatic rings. The van der Waals surface area contributed by atoms with Crippen LogP contribution in [-0.2, 0) is 12.7 Å². The molecule has 3 N–H and O–H groups in total. The molecule has 0 spiro atoms. The van der Waals surface area contributed by atoms with Crippen molar-refractivity contribution in [1.82, 2.24) is 20.6 Å². The van der Waals surface area contributed by atoms with Crippen molar-refractivity contribution in [2.45, 2.75) is 32.5 Å². The molecule has 28 heavy (non-hydrogen) atoms. The lowest BCUT2D eigenvalue weighted by atomic mass is 10.2. The van der Waals surface area contributed by atoms with Gasteiger partial charge in [-0.3, -0.25) is 4.99 Å². The van der Waals surface area contributed by atoms with Gasteiger partial charge in [0.15, 0.2) is 5.96 Å². The number of nitrogens with zero attached hydrogens (tertiary/aromatic N) is 3. The highest BCUT2D eigenvalue weighted by Crippen LogP contribution is 2.33. The molecule has 2 rings (SSSR count). The number of hydrogen-bond donors (Lipinski definition) is 3. The fraction of sp³-hybridized carbons (Fsp3) is 0.471. The number of pyridine rings is 1. The summed E-state index contributed by atoms with van der Waals surface area (Å²) in [6, 6.07) is 2.27. The molecule has 11 heteroatoms. The normalized spacial score (nSPS) is 11.9. The van der Waals surface area contributed by atoms with Crippen molar-refractivity contribution in [3.8, 4) is 0 Å². The summed E-state index contributed by atoms with van der Waals surface area (Å²) < 4.78 is 38.8. The molecule has 156 valence electrons. The predicted molar refractivity (Wildman–Crippen MR) is 118 cm³/mol. The lowest BCUT2D eigenvalue weighted by Gasteiger charge is -2.14. The lowest BCUT2D eigenvalue weighted by molar-refractivity contribution is -0.137. The van der Waals surface area contributed by atoms with Crippen LogP contribution in [0.15, 0.2) is 28.7 Å². The number of nitrogens with one attached hydrogen (secondary N) is 3. The van der Waals surface area contributed by atoms with Crippen molar-refractivity contribution < 1.29 is 13.2 Å². The van der Waals surface area contributed by atoms with Crippen LogP contribution in [0.3, 0.4) is 0 Å². The van der Waals surface area contributed by atoms with Crippen LogP contribution < -0.4 is 16.0 Å². The Hall–Kier alpha value is -1.63. The van der Waals surface area contributed by atoms with Gasteiger partial charge in [0.25, 0.3) is 0 Å². The molecule has 2 heterocycles. The van der Waals surface area contributed by atoms with E-state index in [0.717, 1.165) is 16.8 Å². The zero-order chi connectivity index (χ0) is 19.9. The summed E-state index contributed by atoms with van der Waals surface area (Å²) in [5, 5.41) is 11.9. The molecule has 0 radical (unpaired) electrons.